The zero-order valence-electron chi connectivity index (χ0n) is 9.70. The van der Waals surface area contributed by atoms with Crippen molar-refractivity contribution in [3.05, 3.63) is 29.1 Å². The van der Waals surface area contributed by atoms with Gasteiger partial charge in [0.05, 0.1) is 13.0 Å². The number of hydrogen-bond acceptors (Lipinski definition) is 3. The minimum absolute atomic E-state index is 0.0131. The van der Waals surface area contributed by atoms with Crippen molar-refractivity contribution in [2.75, 3.05) is 6.61 Å². The molecule has 92 valence electrons. The maximum Gasteiger partial charge on any atom is 0.306 e. The van der Waals surface area contributed by atoms with Gasteiger partial charge in [-0.1, -0.05) is 0 Å². The van der Waals surface area contributed by atoms with E-state index in [4.69, 9.17) is 4.74 Å². The number of esters is 1. The monoisotopic (exact) mass is 238 g/mol. The number of hydrogen-bond donors (Lipinski definition) is 1. The molecule has 0 radical (unpaired) electrons. The van der Waals surface area contributed by atoms with E-state index in [9.17, 15) is 14.3 Å². The molecule has 4 heteroatoms. The van der Waals surface area contributed by atoms with E-state index in [0.29, 0.717) is 6.61 Å². The molecule has 1 atom stereocenters. The number of aryl methyl sites for hydroxylation is 1. The van der Waals surface area contributed by atoms with Crippen molar-refractivity contribution >= 4 is 5.97 Å². The lowest BCUT2D eigenvalue weighted by molar-refractivity contribution is -0.143. The molecule has 1 N–H and O–H groups in total. The standard InChI is InChI=1S/C13H15FO3/c1-2-17-13(16)6-9-4-3-8-5-12(15)11(14)7-10(8)9/h5,7,9,15H,2-4,6H2,1H3/t9-/m0/s1. The van der Waals surface area contributed by atoms with E-state index in [1.54, 1.807) is 6.92 Å². The number of ether oxygens (including phenoxy) is 1. The highest BCUT2D eigenvalue weighted by Gasteiger charge is 2.26. The first kappa shape index (κ1) is 11.9. The van der Waals surface area contributed by atoms with E-state index in [-0.39, 0.29) is 24.1 Å². The predicted molar refractivity (Wildman–Crippen MR) is 60.4 cm³/mol. The zero-order valence-corrected chi connectivity index (χ0v) is 9.70. The number of benzene rings is 1. The van der Waals surface area contributed by atoms with E-state index in [1.165, 1.54) is 12.1 Å². The molecule has 0 heterocycles. The number of rotatable bonds is 3. The van der Waals surface area contributed by atoms with Crippen LogP contribution in [0.3, 0.4) is 0 Å². The molecule has 0 saturated heterocycles. The Bertz CT molecular complexity index is 443. The molecule has 2 rings (SSSR count). The van der Waals surface area contributed by atoms with Crippen molar-refractivity contribution in [2.24, 2.45) is 0 Å². The molecule has 0 amide bonds. The number of fused-ring (bicyclic) bond motifs is 1. The Kier molecular flexibility index (Phi) is 3.31. The van der Waals surface area contributed by atoms with Crippen LogP contribution in [0.25, 0.3) is 0 Å². The highest BCUT2D eigenvalue weighted by atomic mass is 19.1. The summed E-state index contributed by atoms with van der Waals surface area (Å²) in [4.78, 5) is 11.4. The van der Waals surface area contributed by atoms with Crippen LogP contribution in [-0.2, 0) is 16.0 Å². The van der Waals surface area contributed by atoms with Crippen molar-refractivity contribution in [1.82, 2.24) is 0 Å². The Labute approximate surface area is 99.2 Å². The van der Waals surface area contributed by atoms with Gasteiger partial charge in [-0.2, -0.15) is 0 Å². The van der Waals surface area contributed by atoms with E-state index in [0.717, 1.165) is 24.0 Å². The second kappa shape index (κ2) is 4.73. The van der Waals surface area contributed by atoms with Gasteiger partial charge in [-0.3, -0.25) is 4.79 Å². The Balaban J connectivity index is 2.16. The molecule has 1 aliphatic carbocycles. The summed E-state index contributed by atoms with van der Waals surface area (Å²) in [5.41, 5.74) is 1.76. The zero-order chi connectivity index (χ0) is 12.4. The summed E-state index contributed by atoms with van der Waals surface area (Å²) in [6.07, 6.45) is 1.86. The maximum absolute atomic E-state index is 13.3. The Hall–Kier alpha value is -1.58. The van der Waals surface area contributed by atoms with Crippen molar-refractivity contribution in [1.29, 1.82) is 0 Å². The van der Waals surface area contributed by atoms with Gasteiger partial charge in [0.15, 0.2) is 11.6 Å². The van der Waals surface area contributed by atoms with Crippen LogP contribution in [0.4, 0.5) is 4.39 Å². The molecular weight excluding hydrogens is 223 g/mol. The molecule has 0 unspecified atom stereocenters. The van der Waals surface area contributed by atoms with Crippen LogP contribution in [0.15, 0.2) is 12.1 Å². The lowest BCUT2D eigenvalue weighted by Crippen LogP contribution is -2.08. The summed E-state index contributed by atoms with van der Waals surface area (Å²) in [6, 6.07) is 2.79. The molecule has 0 saturated carbocycles. The van der Waals surface area contributed by atoms with Gasteiger partial charge in [0.1, 0.15) is 0 Å². The van der Waals surface area contributed by atoms with Gasteiger partial charge in [0.25, 0.3) is 0 Å². The Morgan fingerprint density at radius 3 is 3.06 bits per heavy atom. The average Bonchev–Trinajstić information content (AvgIpc) is 2.63. The van der Waals surface area contributed by atoms with Crippen molar-refractivity contribution in [3.63, 3.8) is 0 Å². The van der Waals surface area contributed by atoms with Crippen LogP contribution in [0.5, 0.6) is 5.75 Å². The quantitative estimate of drug-likeness (QED) is 0.823. The Morgan fingerprint density at radius 2 is 2.35 bits per heavy atom. The predicted octanol–water partition coefficient (Wildman–Crippen LogP) is 2.51. The molecule has 17 heavy (non-hydrogen) atoms. The second-order valence-electron chi connectivity index (χ2n) is 4.25. The van der Waals surface area contributed by atoms with E-state index in [2.05, 4.69) is 0 Å². The summed E-state index contributed by atoms with van der Waals surface area (Å²) in [7, 11) is 0. The highest BCUT2D eigenvalue weighted by molar-refractivity contribution is 5.71. The van der Waals surface area contributed by atoms with E-state index in [1.807, 2.05) is 0 Å². The first-order chi connectivity index (χ1) is 8.11. The fourth-order valence-electron chi connectivity index (χ4n) is 2.34. The average molecular weight is 238 g/mol. The molecule has 1 aliphatic rings. The number of carbonyl (C=O) groups is 1. The normalized spacial score (nSPS) is 17.9. The van der Waals surface area contributed by atoms with Gasteiger partial charge < -0.3 is 9.84 Å². The molecule has 0 aromatic heterocycles. The molecule has 1 aromatic rings. The highest BCUT2D eigenvalue weighted by Crippen LogP contribution is 2.38. The smallest absolute Gasteiger partial charge is 0.306 e. The minimum atomic E-state index is -0.625. The third kappa shape index (κ3) is 2.40. The molecule has 0 aliphatic heterocycles. The van der Waals surface area contributed by atoms with Crippen molar-refractivity contribution in [2.45, 2.75) is 32.1 Å². The topological polar surface area (TPSA) is 46.5 Å². The summed E-state index contributed by atoms with van der Waals surface area (Å²) in [5.74, 6) is -1.18. The van der Waals surface area contributed by atoms with E-state index >= 15 is 0 Å². The van der Waals surface area contributed by atoms with Crippen LogP contribution in [0, 0.1) is 5.82 Å². The van der Waals surface area contributed by atoms with Gasteiger partial charge >= 0.3 is 5.97 Å². The molecule has 0 fully saturated rings. The third-order valence-electron chi connectivity index (χ3n) is 3.13. The summed E-state index contributed by atoms with van der Waals surface area (Å²) >= 11 is 0. The molecule has 0 bridgehead atoms. The largest absolute Gasteiger partial charge is 0.505 e. The number of phenolic OH excluding ortho intramolecular Hbond substituents is 1. The van der Waals surface area contributed by atoms with Crippen LogP contribution in [0.2, 0.25) is 0 Å². The third-order valence-corrected chi connectivity index (χ3v) is 3.13. The number of phenols is 1. The van der Waals surface area contributed by atoms with Crippen LogP contribution in [-0.4, -0.2) is 17.7 Å². The van der Waals surface area contributed by atoms with E-state index < -0.39 is 5.82 Å². The Morgan fingerprint density at radius 1 is 1.59 bits per heavy atom. The number of aromatic hydroxyl groups is 1. The lowest BCUT2D eigenvalue weighted by Gasteiger charge is -2.11. The first-order valence-electron chi connectivity index (χ1n) is 5.78. The second-order valence-corrected chi connectivity index (χ2v) is 4.25. The van der Waals surface area contributed by atoms with Crippen molar-refractivity contribution < 1.29 is 19.0 Å². The summed E-state index contributed by atoms with van der Waals surface area (Å²) in [5, 5.41) is 9.27. The maximum atomic E-state index is 13.3. The van der Waals surface area contributed by atoms with Crippen LogP contribution < -0.4 is 0 Å². The summed E-state index contributed by atoms with van der Waals surface area (Å²) < 4.78 is 18.2. The number of carbonyl (C=O) groups excluding carboxylic acids is 1. The van der Waals surface area contributed by atoms with Gasteiger partial charge in [-0.25, -0.2) is 4.39 Å². The first-order valence-corrected chi connectivity index (χ1v) is 5.78. The van der Waals surface area contributed by atoms with Crippen LogP contribution in [0.1, 0.15) is 36.8 Å². The van der Waals surface area contributed by atoms with Gasteiger partial charge in [-0.05, 0) is 48.9 Å². The fraction of sp³-hybridized carbons (Fsp3) is 0.462. The molecular formula is C13H15FO3. The molecule has 3 nitrogen and oxygen atoms in total. The van der Waals surface area contributed by atoms with Crippen molar-refractivity contribution in [3.8, 4) is 5.75 Å². The van der Waals surface area contributed by atoms with Gasteiger partial charge in [0.2, 0.25) is 0 Å². The number of halogens is 1. The SMILES string of the molecule is CCOC(=O)C[C@@H]1CCc2cc(O)c(F)cc21. The van der Waals surface area contributed by atoms with Gasteiger partial charge in [0, 0.05) is 0 Å². The van der Waals surface area contributed by atoms with Crippen LogP contribution >= 0.6 is 0 Å². The lowest BCUT2D eigenvalue weighted by atomic mass is 9.97. The molecule has 0 spiro atoms. The molecule has 1 aromatic carbocycles. The summed E-state index contributed by atoms with van der Waals surface area (Å²) in [6.45, 7) is 2.13. The fourth-order valence-corrected chi connectivity index (χ4v) is 2.34. The van der Waals surface area contributed by atoms with Gasteiger partial charge in [-0.15, -0.1) is 0 Å². The minimum Gasteiger partial charge on any atom is -0.505 e.